The molecule has 1 aliphatic rings. The Balaban J connectivity index is 1.63. The lowest BCUT2D eigenvalue weighted by Gasteiger charge is -2.19. The lowest BCUT2D eigenvalue weighted by Crippen LogP contribution is -2.27. The summed E-state index contributed by atoms with van der Waals surface area (Å²) in [5.41, 5.74) is 2.61. The molecule has 1 aromatic heterocycles. The van der Waals surface area contributed by atoms with E-state index in [9.17, 15) is 14.4 Å². The van der Waals surface area contributed by atoms with Crippen molar-refractivity contribution in [1.29, 1.82) is 0 Å². The van der Waals surface area contributed by atoms with Crippen LogP contribution in [0.2, 0.25) is 0 Å². The predicted molar refractivity (Wildman–Crippen MR) is 118 cm³/mol. The van der Waals surface area contributed by atoms with Gasteiger partial charge in [-0.2, -0.15) is 0 Å². The molecule has 3 amide bonds. The average molecular weight is 419 g/mol. The molecule has 0 saturated heterocycles. The smallest absolute Gasteiger partial charge is 0.261 e. The molecule has 0 unspecified atom stereocenters. The number of amides is 3. The average Bonchev–Trinajstić information content (AvgIpc) is 3.24. The molecule has 0 aliphatic carbocycles. The molecule has 31 heavy (non-hydrogen) atoms. The van der Waals surface area contributed by atoms with Crippen molar-refractivity contribution in [2.45, 2.75) is 20.4 Å². The zero-order chi connectivity index (χ0) is 22.1. The van der Waals surface area contributed by atoms with Crippen molar-refractivity contribution in [1.82, 2.24) is 19.4 Å². The van der Waals surface area contributed by atoms with Crippen molar-refractivity contribution in [3.05, 3.63) is 59.2 Å². The molecular weight excluding hydrogens is 394 g/mol. The molecule has 2 aromatic carbocycles. The Morgan fingerprint density at radius 3 is 2.48 bits per heavy atom. The Morgan fingerprint density at radius 2 is 1.74 bits per heavy atom. The first kappa shape index (κ1) is 20.7. The maximum absolute atomic E-state index is 13.0. The van der Waals surface area contributed by atoms with Crippen LogP contribution in [-0.2, 0) is 6.54 Å². The number of nitrogens with zero attached hydrogens (tertiary/aromatic N) is 4. The van der Waals surface area contributed by atoms with E-state index in [1.807, 2.05) is 28.8 Å². The summed E-state index contributed by atoms with van der Waals surface area (Å²) in [5, 5.41) is 2.89. The highest BCUT2D eigenvalue weighted by Crippen LogP contribution is 2.24. The number of carbonyl (C=O) groups is 3. The second-order valence-corrected chi connectivity index (χ2v) is 7.49. The van der Waals surface area contributed by atoms with E-state index < -0.39 is 5.91 Å². The number of fused-ring (bicyclic) bond motifs is 2. The van der Waals surface area contributed by atoms with Gasteiger partial charge in [0.15, 0.2) is 0 Å². The highest BCUT2D eigenvalue weighted by molar-refractivity contribution is 6.22. The number of hydrogen-bond donors (Lipinski definition) is 1. The standard InChI is InChI=1S/C23H25N5O3/c1-4-27(5-2)12-13-28-19-9-7-6-8-18(19)24-23(28)25-20(29)15-10-11-16-17(14-15)22(31)26(3)21(16)30/h6-11,14H,4-5,12-13H2,1-3H3,(H,24,25,29). The van der Waals surface area contributed by atoms with Gasteiger partial charge in [-0.15, -0.1) is 0 Å². The van der Waals surface area contributed by atoms with Crippen molar-refractivity contribution < 1.29 is 14.4 Å². The van der Waals surface area contributed by atoms with Gasteiger partial charge in [0, 0.05) is 25.7 Å². The minimum absolute atomic E-state index is 0.246. The summed E-state index contributed by atoms with van der Waals surface area (Å²) in [5.74, 6) is -0.679. The summed E-state index contributed by atoms with van der Waals surface area (Å²) in [6, 6.07) is 12.3. The van der Waals surface area contributed by atoms with Crippen LogP contribution in [-0.4, -0.2) is 63.8 Å². The van der Waals surface area contributed by atoms with Gasteiger partial charge >= 0.3 is 0 Å². The first-order valence-electron chi connectivity index (χ1n) is 10.4. The number of imidazole rings is 1. The van der Waals surface area contributed by atoms with Crippen LogP contribution < -0.4 is 5.32 Å². The van der Waals surface area contributed by atoms with Crippen molar-refractivity contribution in [2.75, 3.05) is 32.0 Å². The number of carbonyl (C=O) groups excluding carboxylic acids is 3. The number of benzene rings is 2. The summed E-state index contributed by atoms with van der Waals surface area (Å²) >= 11 is 0. The van der Waals surface area contributed by atoms with Crippen LogP contribution in [0.3, 0.4) is 0 Å². The lowest BCUT2D eigenvalue weighted by molar-refractivity contribution is 0.0693. The lowest BCUT2D eigenvalue weighted by atomic mass is 10.1. The molecule has 160 valence electrons. The van der Waals surface area contributed by atoms with E-state index in [2.05, 4.69) is 29.0 Å². The second kappa shape index (κ2) is 8.31. The van der Waals surface area contributed by atoms with Crippen LogP contribution in [0.4, 0.5) is 5.95 Å². The first-order valence-corrected chi connectivity index (χ1v) is 10.4. The number of anilines is 1. The summed E-state index contributed by atoms with van der Waals surface area (Å²) < 4.78 is 2.00. The van der Waals surface area contributed by atoms with E-state index >= 15 is 0 Å². The summed E-state index contributed by atoms with van der Waals surface area (Å²) in [7, 11) is 1.43. The van der Waals surface area contributed by atoms with Gasteiger partial charge in [-0.25, -0.2) is 4.98 Å². The number of para-hydroxylation sites is 2. The van der Waals surface area contributed by atoms with E-state index in [1.54, 1.807) is 6.07 Å². The van der Waals surface area contributed by atoms with Gasteiger partial charge in [-0.05, 0) is 43.4 Å². The van der Waals surface area contributed by atoms with Gasteiger partial charge in [-0.3, -0.25) is 24.6 Å². The number of rotatable bonds is 7. The van der Waals surface area contributed by atoms with E-state index in [1.165, 1.54) is 19.2 Å². The molecular formula is C23H25N5O3. The maximum Gasteiger partial charge on any atom is 0.261 e. The summed E-state index contributed by atoms with van der Waals surface area (Å²) in [6.07, 6.45) is 0. The molecule has 8 nitrogen and oxygen atoms in total. The molecule has 0 atom stereocenters. The predicted octanol–water partition coefficient (Wildman–Crippen LogP) is 2.86. The fourth-order valence-electron chi connectivity index (χ4n) is 3.85. The van der Waals surface area contributed by atoms with Crippen molar-refractivity contribution in [3.63, 3.8) is 0 Å². The number of aromatic nitrogens is 2. The van der Waals surface area contributed by atoms with Crippen LogP contribution in [0.15, 0.2) is 42.5 Å². The highest BCUT2D eigenvalue weighted by atomic mass is 16.2. The Kier molecular flexibility index (Phi) is 5.56. The second-order valence-electron chi connectivity index (χ2n) is 7.49. The van der Waals surface area contributed by atoms with Crippen molar-refractivity contribution in [3.8, 4) is 0 Å². The largest absolute Gasteiger partial charge is 0.309 e. The molecule has 2 heterocycles. The van der Waals surface area contributed by atoms with E-state index in [-0.39, 0.29) is 17.4 Å². The topological polar surface area (TPSA) is 87.5 Å². The maximum atomic E-state index is 13.0. The number of likely N-dealkylation sites (N-methyl/N-ethyl adjacent to an activating group) is 1. The van der Waals surface area contributed by atoms with Crippen LogP contribution in [0, 0.1) is 0 Å². The van der Waals surface area contributed by atoms with Crippen LogP contribution in [0.1, 0.15) is 44.9 Å². The summed E-state index contributed by atoms with van der Waals surface area (Å²) in [6.45, 7) is 7.64. The van der Waals surface area contributed by atoms with Gasteiger partial charge < -0.3 is 9.47 Å². The molecule has 0 radical (unpaired) electrons. The monoisotopic (exact) mass is 419 g/mol. The molecule has 0 bridgehead atoms. The van der Waals surface area contributed by atoms with E-state index in [0.717, 1.165) is 35.6 Å². The van der Waals surface area contributed by atoms with Crippen LogP contribution in [0.25, 0.3) is 11.0 Å². The molecule has 8 heteroatoms. The van der Waals surface area contributed by atoms with E-state index in [0.29, 0.717) is 23.6 Å². The first-order chi connectivity index (χ1) is 14.9. The minimum atomic E-state index is -0.402. The third-order valence-electron chi connectivity index (χ3n) is 5.77. The Morgan fingerprint density at radius 1 is 1.03 bits per heavy atom. The third-order valence-corrected chi connectivity index (χ3v) is 5.77. The van der Waals surface area contributed by atoms with Gasteiger partial charge in [0.25, 0.3) is 17.7 Å². The molecule has 1 N–H and O–H groups in total. The number of imide groups is 1. The number of nitrogens with one attached hydrogen (secondary N) is 1. The van der Waals surface area contributed by atoms with Crippen LogP contribution >= 0.6 is 0 Å². The van der Waals surface area contributed by atoms with Gasteiger partial charge in [0.05, 0.1) is 22.2 Å². The molecule has 0 saturated carbocycles. The quantitative estimate of drug-likeness (QED) is 0.595. The van der Waals surface area contributed by atoms with E-state index in [4.69, 9.17) is 0 Å². The fraction of sp³-hybridized carbons (Fsp3) is 0.304. The molecule has 0 spiro atoms. The Bertz CT molecular complexity index is 1180. The van der Waals surface area contributed by atoms with Crippen molar-refractivity contribution in [2.24, 2.45) is 0 Å². The zero-order valence-electron chi connectivity index (χ0n) is 17.9. The highest BCUT2D eigenvalue weighted by Gasteiger charge is 2.33. The van der Waals surface area contributed by atoms with Gasteiger partial charge in [-0.1, -0.05) is 26.0 Å². The number of hydrogen-bond acceptors (Lipinski definition) is 5. The Labute approximate surface area is 180 Å². The van der Waals surface area contributed by atoms with Crippen LogP contribution in [0.5, 0.6) is 0 Å². The van der Waals surface area contributed by atoms with Gasteiger partial charge in [0.1, 0.15) is 0 Å². The fourth-order valence-corrected chi connectivity index (χ4v) is 3.85. The molecule has 0 fully saturated rings. The van der Waals surface area contributed by atoms with Crippen molar-refractivity contribution >= 4 is 34.7 Å². The van der Waals surface area contributed by atoms with Gasteiger partial charge in [0.2, 0.25) is 5.95 Å². The SMILES string of the molecule is CCN(CC)CCn1c(NC(=O)c2ccc3c(c2)C(=O)N(C)C3=O)nc2ccccc21. The molecule has 1 aliphatic heterocycles. The third kappa shape index (κ3) is 3.70. The summed E-state index contributed by atoms with van der Waals surface area (Å²) in [4.78, 5) is 45.3. The zero-order valence-corrected chi connectivity index (χ0v) is 17.9. The molecule has 3 aromatic rings. The molecule has 4 rings (SSSR count). The Hall–Kier alpha value is -3.52. The minimum Gasteiger partial charge on any atom is -0.309 e. The normalized spacial score (nSPS) is 13.4.